The number of hydrogen-bond acceptors (Lipinski definition) is 5. The third kappa shape index (κ3) is 38.3. The van der Waals surface area contributed by atoms with Crippen LogP contribution in [0.25, 0.3) is 0 Å². The summed E-state index contributed by atoms with van der Waals surface area (Å²) in [6, 6.07) is -0.874. The Bertz CT molecular complexity index is 1050. The van der Waals surface area contributed by atoms with Crippen molar-refractivity contribution < 1.29 is 32.9 Å². The molecule has 0 aliphatic heterocycles. The first kappa shape index (κ1) is 51.2. The quantitative estimate of drug-likeness (QED) is 0.0252. The summed E-state index contributed by atoms with van der Waals surface area (Å²) in [6.45, 7) is 4.70. The highest BCUT2D eigenvalue weighted by atomic mass is 31.2. The van der Waals surface area contributed by atoms with Crippen LogP contribution >= 0.6 is 7.82 Å². The van der Waals surface area contributed by atoms with E-state index >= 15 is 0 Å². The molecule has 9 heteroatoms. The molecule has 0 aliphatic rings. The number of amides is 1. The number of allylic oxidation sites excluding steroid dienone is 9. The van der Waals surface area contributed by atoms with Gasteiger partial charge in [-0.1, -0.05) is 139 Å². The fraction of sp³-hybridized carbons (Fsp3) is 0.750. The lowest BCUT2D eigenvalue weighted by Gasteiger charge is -2.25. The van der Waals surface area contributed by atoms with Gasteiger partial charge in [-0.05, 0) is 77.0 Å². The molecule has 3 unspecified atom stereocenters. The zero-order chi connectivity index (χ0) is 39.3. The number of quaternary nitrogens is 1. The van der Waals surface area contributed by atoms with Crippen LogP contribution in [0.5, 0.6) is 0 Å². The Labute approximate surface area is 326 Å². The van der Waals surface area contributed by atoms with E-state index in [4.69, 9.17) is 9.05 Å². The van der Waals surface area contributed by atoms with Gasteiger partial charge in [0, 0.05) is 6.42 Å². The maximum absolute atomic E-state index is 12.8. The van der Waals surface area contributed by atoms with Crippen LogP contribution in [-0.2, 0) is 18.4 Å². The molecule has 53 heavy (non-hydrogen) atoms. The van der Waals surface area contributed by atoms with E-state index in [1.165, 1.54) is 77.0 Å². The van der Waals surface area contributed by atoms with Crippen molar-refractivity contribution >= 4 is 13.7 Å². The fourth-order valence-electron chi connectivity index (χ4n) is 5.51. The molecule has 0 bridgehead atoms. The summed E-state index contributed by atoms with van der Waals surface area (Å²) in [5.74, 6) is -0.203. The minimum Gasteiger partial charge on any atom is -0.387 e. The van der Waals surface area contributed by atoms with E-state index in [0.29, 0.717) is 17.4 Å². The average molecular weight is 766 g/mol. The predicted molar refractivity (Wildman–Crippen MR) is 226 cm³/mol. The smallest absolute Gasteiger partial charge is 0.387 e. The lowest BCUT2D eigenvalue weighted by atomic mass is 10.1. The van der Waals surface area contributed by atoms with Crippen LogP contribution in [0.4, 0.5) is 0 Å². The number of phosphoric ester groups is 1. The highest BCUT2D eigenvalue weighted by Gasteiger charge is 2.27. The minimum atomic E-state index is -4.35. The Morgan fingerprint density at radius 3 is 1.66 bits per heavy atom. The molecule has 0 aromatic heterocycles. The molecule has 0 saturated heterocycles. The van der Waals surface area contributed by atoms with Crippen LogP contribution in [0.3, 0.4) is 0 Å². The van der Waals surface area contributed by atoms with Gasteiger partial charge in [0.25, 0.3) is 0 Å². The Morgan fingerprint density at radius 1 is 0.642 bits per heavy atom. The van der Waals surface area contributed by atoms with Crippen LogP contribution in [0.1, 0.15) is 162 Å². The van der Waals surface area contributed by atoms with Crippen LogP contribution < -0.4 is 5.32 Å². The zero-order valence-corrected chi connectivity index (χ0v) is 35.6. The molecule has 308 valence electrons. The summed E-state index contributed by atoms with van der Waals surface area (Å²) in [7, 11) is 1.53. The summed E-state index contributed by atoms with van der Waals surface area (Å²) in [4.78, 5) is 23.1. The van der Waals surface area contributed by atoms with E-state index in [2.05, 4.69) is 67.8 Å². The predicted octanol–water partition coefficient (Wildman–Crippen LogP) is 11.5. The number of phosphoric acid groups is 1. The minimum absolute atomic E-state index is 0.0494. The monoisotopic (exact) mass is 766 g/mol. The molecule has 0 aromatic carbocycles. The van der Waals surface area contributed by atoms with Crippen molar-refractivity contribution in [2.75, 3.05) is 40.9 Å². The molecule has 0 radical (unpaired) electrons. The van der Waals surface area contributed by atoms with Crippen LogP contribution in [-0.4, -0.2) is 73.4 Å². The number of aliphatic hydroxyl groups is 1. The summed E-state index contributed by atoms with van der Waals surface area (Å²) in [5, 5.41) is 13.8. The van der Waals surface area contributed by atoms with E-state index in [9.17, 15) is 19.4 Å². The van der Waals surface area contributed by atoms with E-state index in [0.717, 1.165) is 64.2 Å². The van der Waals surface area contributed by atoms with Gasteiger partial charge >= 0.3 is 7.82 Å². The number of hydrogen-bond donors (Lipinski definition) is 3. The normalized spacial score (nSPS) is 15.1. The van der Waals surface area contributed by atoms with Crippen molar-refractivity contribution in [3.05, 3.63) is 60.8 Å². The Kier molecular flexibility index (Phi) is 34.7. The number of carbonyl (C=O) groups excluding carboxylic acids is 1. The number of nitrogens with zero attached hydrogens (tertiary/aromatic N) is 1. The molecule has 0 rings (SSSR count). The number of nitrogens with one attached hydrogen (secondary N) is 1. The maximum Gasteiger partial charge on any atom is 0.472 e. The summed E-state index contributed by atoms with van der Waals surface area (Å²) in [5.41, 5.74) is 0. The van der Waals surface area contributed by atoms with Gasteiger partial charge in [-0.15, -0.1) is 0 Å². The van der Waals surface area contributed by atoms with Crippen molar-refractivity contribution in [2.24, 2.45) is 0 Å². The SMILES string of the molecule is CCCCC/C=C\C/C=C\CCCCCCCCCC(=O)NC(COP(=O)(O)OCC[N+](C)(C)C)C(O)/C=C/CC/C=C/CC/C=C/CCCCCC. The van der Waals surface area contributed by atoms with Gasteiger partial charge in [0.15, 0.2) is 0 Å². The van der Waals surface area contributed by atoms with Crippen molar-refractivity contribution in [3.63, 3.8) is 0 Å². The van der Waals surface area contributed by atoms with Crippen LogP contribution in [0.2, 0.25) is 0 Å². The van der Waals surface area contributed by atoms with Gasteiger partial charge in [0.05, 0.1) is 39.9 Å². The second-order valence-corrected chi connectivity index (χ2v) is 16.8. The molecular weight excluding hydrogens is 683 g/mol. The van der Waals surface area contributed by atoms with Crippen LogP contribution in [0.15, 0.2) is 60.8 Å². The Hall–Kier alpha value is -1.80. The largest absolute Gasteiger partial charge is 0.472 e. The third-order valence-electron chi connectivity index (χ3n) is 8.94. The molecule has 0 aliphatic carbocycles. The molecule has 0 fully saturated rings. The van der Waals surface area contributed by atoms with E-state index in [1.54, 1.807) is 6.08 Å². The summed E-state index contributed by atoms with van der Waals surface area (Å²) in [6.07, 6.45) is 45.7. The van der Waals surface area contributed by atoms with Gasteiger partial charge < -0.3 is 19.8 Å². The van der Waals surface area contributed by atoms with Gasteiger partial charge in [-0.25, -0.2) is 4.57 Å². The molecule has 3 atom stereocenters. The number of carbonyl (C=O) groups is 1. The molecular formula is C44H82N2O6P+. The van der Waals surface area contributed by atoms with Crippen molar-refractivity contribution in [1.82, 2.24) is 5.32 Å². The van der Waals surface area contributed by atoms with E-state index in [1.807, 2.05) is 27.2 Å². The van der Waals surface area contributed by atoms with Crippen molar-refractivity contribution in [1.29, 1.82) is 0 Å². The Morgan fingerprint density at radius 2 is 1.09 bits per heavy atom. The lowest BCUT2D eigenvalue weighted by Crippen LogP contribution is -2.45. The van der Waals surface area contributed by atoms with Crippen molar-refractivity contribution in [3.8, 4) is 0 Å². The zero-order valence-electron chi connectivity index (χ0n) is 34.7. The number of aliphatic hydroxyl groups excluding tert-OH is 1. The van der Waals surface area contributed by atoms with Crippen LogP contribution in [0, 0.1) is 0 Å². The number of likely N-dealkylation sites (N-methyl/N-ethyl adjacent to an activating group) is 1. The number of rotatable bonds is 37. The molecule has 0 aromatic rings. The first-order valence-corrected chi connectivity index (χ1v) is 22.7. The maximum atomic E-state index is 12.8. The van der Waals surface area contributed by atoms with Gasteiger partial charge in [-0.3, -0.25) is 13.8 Å². The molecule has 0 heterocycles. The number of unbranched alkanes of at least 4 members (excludes halogenated alkanes) is 16. The first-order chi connectivity index (χ1) is 25.5. The highest BCUT2D eigenvalue weighted by molar-refractivity contribution is 7.47. The second kappa shape index (κ2) is 35.9. The first-order valence-electron chi connectivity index (χ1n) is 21.2. The molecule has 0 saturated carbocycles. The summed E-state index contributed by atoms with van der Waals surface area (Å²) < 4.78 is 23.5. The standard InChI is InChI=1S/C44H81N2O6P/c1-6-8-10-12-14-16-18-20-22-23-24-26-28-30-32-34-36-38-44(48)45-42(41-52-53(49,50)51-40-39-46(3,4)5)43(47)37-35-33-31-29-27-25-21-19-17-15-13-11-9-7-2/h14,16-17,19-20,22,27,29,35,37,42-43,47H,6-13,15,18,21,23-26,28,30-34,36,38-41H2,1-5H3,(H-,45,48,49,50)/p+1/b16-14-,19-17+,22-20-,29-27+,37-35+. The van der Waals surface area contributed by atoms with Gasteiger partial charge in [0.1, 0.15) is 13.2 Å². The fourth-order valence-corrected chi connectivity index (χ4v) is 6.25. The Balaban J connectivity index is 4.55. The van der Waals surface area contributed by atoms with Crippen molar-refractivity contribution in [2.45, 2.75) is 174 Å². The van der Waals surface area contributed by atoms with Gasteiger partial charge in [-0.2, -0.15) is 0 Å². The average Bonchev–Trinajstić information content (AvgIpc) is 3.10. The second-order valence-electron chi connectivity index (χ2n) is 15.3. The third-order valence-corrected chi connectivity index (χ3v) is 9.92. The van der Waals surface area contributed by atoms with E-state index < -0.39 is 20.0 Å². The lowest BCUT2D eigenvalue weighted by molar-refractivity contribution is -0.870. The topological polar surface area (TPSA) is 105 Å². The van der Waals surface area contributed by atoms with Gasteiger partial charge in [0.2, 0.25) is 5.91 Å². The highest BCUT2D eigenvalue weighted by Crippen LogP contribution is 2.43. The molecule has 0 spiro atoms. The molecule has 8 nitrogen and oxygen atoms in total. The van der Waals surface area contributed by atoms with E-state index in [-0.39, 0.29) is 19.1 Å². The molecule has 1 amide bonds. The molecule has 3 N–H and O–H groups in total. The summed E-state index contributed by atoms with van der Waals surface area (Å²) >= 11 is 0.